The number of fused-ring (bicyclic) bond motifs is 1. The quantitative estimate of drug-likeness (QED) is 0.792. The van der Waals surface area contributed by atoms with Crippen LogP contribution in [0, 0.1) is 0 Å². The van der Waals surface area contributed by atoms with Crippen molar-refractivity contribution in [3.63, 3.8) is 0 Å². The van der Waals surface area contributed by atoms with E-state index in [0.717, 1.165) is 11.3 Å². The van der Waals surface area contributed by atoms with Crippen molar-refractivity contribution >= 4 is 0 Å². The van der Waals surface area contributed by atoms with E-state index in [-0.39, 0.29) is 11.7 Å². The SMILES string of the molecule is CC(C)(C)OC1COc2ccccc2C1O. The van der Waals surface area contributed by atoms with Crippen LogP contribution >= 0.6 is 0 Å². The molecule has 88 valence electrons. The van der Waals surface area contributed by atoms with Gasteiger partial charge in [-0.1, -0.05) is 18.2 Å². The van der Waals surface area contributed by atoms with Crippen LogP contribution in [0.1, 0.15) is 32.4 Å². The van der Waals surface area contributed by atoms with Gasteiger partial charge in [0, 0.05) is 5.56 Å². The van der Waals surface area contributed by atoms with E-state index in [9.17, 15) is 5.11 Å². The van der Waals surface area contributed by atoms with E-state index < -0.39 is 6.10 Å². The van der Waals surface area contributed by atoms with Gasteiger partial charge in [-0.3, -0.25) is 0 Å². The van der Waals surface area contributed by atoms with Crippen LogP contribution < -0.4 is 4.74 Å². The molecule has 1 aliphatic heterocycles. The fourth-order valence-corrected chi connectivity index (χ4v) is 1.87. The number of ether oxygens (including phenoxy) is 2. The maximum Gasteiger partial charge on any atom is 0.125 e. The van der Waals surface area contributed by atoms with Crippen LogP contribution in [-0.4, -0.2) is 23.4 Å². The molecule has 0 spiro atoms. The van der Waals surface area contributed by atoms with Crippen molar-refractivity contribution in [3.05, 3.63) is 29.8 Å². The standard InChI is InChI=1S/C13H18O3/c1-13(2,3)16-11-8-15-10-7-5-4-6-9(10)12(11)14/h4-7,11-12,14H,8H2,1-3H3. The number of aliphatic hydroxyl groups is 1. The van der Waals surface area contributed by atoms with Crippen molar-refractivity contribution in [2.45, 2.75) is 38.6 Å². The van der Waals surface area contributed by atoms with Gasteiger partial charge in [0.25, 0.3) is 0 Å². The summed E-state index contributed by atoms with van der Waals surface area (Å²) in [5.74, 6) is 0.753. The predicted octanol–water partition coefficient (Wildman–Crippen LogP) is 2.30. The van der Waals surface area contributed by atoms with Gasteiger partial charge in [-0.2, -0.15) is 0 Å². The smallest absolute Gasteiger partial charge is 0.125 e. The fourth-order valence-electron chi connectivity index (χ4n) is 1.87. The Morgan fingerprint density at radius 1 is 1.31 bits per heavy atom. The number of benzene rings is 1. The topological polar surface area (TPSA) is 38.7 Å². The van der Waals surface area contributed by atoms with E-state index in [0.29, 0.717) is 6.61 Å². The second-order valence-electron chi connectivity index (χ2n) is 5.06. The van der Waals surface area contributed by atoms with Gasteiger partial charge < -0.3 is 14.6 Å². The number of para-hydroxylation sites is 1. The van der Waals surface area contributed by atoms with Crippen LogP contribution in [0.3, 0.4) is 0 Å². The monoisotopic (exact) mass is 222 g/mol. The Hall–Kier alpha value is -1.06. The molecule has 2 unspecified atom stereocenters. The second kappa shape index (κ2) is 4.07. The minimum atomic E-state index is -0.607. The third kappa shape index (κ3) is 2.36. The fraction of sp³-hybridized carbons (Fsp3) is 0.538. The highest BCUT2D eigenvalue weighted by Gasteiger charge is 2.32. The Kier molecular flexibility index (Phi) is 2.91. The Balaban J connectivity index is 2.18. The first-order chi connectivity index (χ1) is 7.47. The van der Waals surface area contributed by atoms with Crippen LogP contribution in [0.25, 0.3) is 0 Å². The molecule has 1 N–H and O–H groups in total. The molecule has 0 saturated carbocycles. The van der Waals surface area contributed by atoms with Gasteiger partial charge in [-0.05, 0) is 26.8 Å². The predicted molar refractivity (Wildman–Crippen MR) is 61.5 cm³/mol. The van der Waals surface area contributed by atoms with E-state index in [2.05, 4.69) is 0 Å². The lowest BCUT2D eigenvalue weighted by Crippen LogP contribution is -2.38. The van der Waals surface area contributed by atoms with Gasteiger partial charge in [0.15, 0.2) is 0 Å². The zero-order valence-electron chi connectivity index (χ0n) is 9.93. The van der Waals surface area contributed by atoms with Crippen LogP contribution in [0.4, 0.5) is 0 Å². The molecular weight excluding hydrogens is 204 g/mol. The highest BCUT2D eigenvalue weighted by molar-refractivity contribution is 5.37. The van der Waals surface area contributed by atoms with Crippen LogP contribution in [-0.2, 0) is 4.74 Å². The first-order valence-electron chi connectivity index (χ1n) is 5.55. The van der Waals surface area contributed by atoms with E-state index >= 15 is 0 Å². The lowest BCUT2D eigenvalue weighted by Gasteiger charge is -2.34. The normalized spacial score (nSPS) is 24.8. The Bertz CT molecular complexity index is 368. The first-order valence-corrected chi connectivity index (χ1v) is 5.55. The van der Waals surface area contributed by atoms with E-state index in [1.165, 1.54) is 0 Å². The highest BCUT2D eigenvalue weighted by Crippen LogP contribution is 2.34. The molecule has 1 aromatic rings. The summed E-state index contributed by atoms with van der Waals surface area (Å²) in [4.78, 5) is 0. The van der Waals surface area contributed by atoms with Gasteiger partial charge in [-0.15, -0.1) is 0 Å². The van der Waals surface area contributed by atoms with E-state index in [1.807, 2.05) is 45.0 Å². The molecule has 2 rings (SSSR count). The Morgan fingerprint density at radius 2 is 2.00 bits per heavy atom. The lowest BCUT2D eigenvalue weighted by atomic mass is 10.0. The summed E-state index contributed by atoms with van der Waals surface area (Å²) in [7, 11) is 0. The summed E-state index contributed by atoms with van der Waals surface area (Å²) in [5, 5.41) is 10.2. The summed E-state index contributed by atoms with van der Waals surface area (Å²) < 4.78 is 11.3. The van der Waals surface area contributed by atoms with Crippen LogP contribution in [0.15, 0.2) is 24.3 Å². The van der Waals surface area contributed by atoms with Gasteiger partial charge in [-0.25, -0.2) is 0 Å². The summed E-state index contributed by atoms with van der Waals surface area (Å²) in [6.45, 7) is 6.32. The number of rotatable bonds is 1. The van der Waals surface area contributed by atoms with Crippen molar-refractivity contribution in [1.82, 2.24) is 0 Å². The molecular formula is C13H18O3. The number of hydrogen-bond acceptors (Lipinski definition) is 3. The van der Waals surface area contributed by atoms with Crippen molar-refractivity contribution in [3.8, 4) is 5.75 Å². The summed E-state index contributed by atoms with van der Waals surface area (Å²) >= 11 is 0. The lowest BCUT2D eigenvalue weighted by molar-refractivity contribution is -0.133. The van der Waals surface area contributed by atoms with Gasteiger partial charge >= 0.3 is 0 Å². The van der Waals surface area contributed by atoms with Crippen LogP contribution in [0.2, 0.25) is 0 Å². The molecule has 0 aliphatic carbocycles. The average Bonchev–Trinajstić information content (AvgIpc) is 2.21. The molecule has 0 aromatic heterocycles. The first kappa shape index (κ1) is 11.4. The van der Waals surface area contributed by atoms with Crippen LogP contribution in [0.5, 0.6) is 5.75 Å². The van der Waals surface area contributed by atoms with Gasteiger partial charge in [0.2, 0.25) is 0 Å². The zero-order valence-corrected chi connectivity index (χ0v) is 9.93. The molecule has 0 amide bonds. The highest BCUT2D eigenvalue weighted by atomic mass is 16.6. The minimum absolute atomic E-state index is 0.276. The molecule has 1 heterocycles. The molecule has 3 heteroatoms. The molecule has 0 bridgehead atoms. The third-order valence-corrected chi connectivity index (χ3v) is 2.50. The molecule has 1 aromatic carbocycles. The van der Waals surface area contributed by atoms with Gasteiger partial charge in [0.1, 0.15) is 24.6 Å². The van der Waals surface area contributed by atoms with Crippen molar-refractivity contribution in [1.29, 1.82) is 0 Å². The minimum Gasteiger partial charge on any atom is -0.490 e. The van der Waals surface area contributed by atoms with E-state index in [4.69, 9.17) is 9.47 Å². The Morgan fingerprint density at radius 3 is 2.69 bits per heavy atom. The van der Waals surface area contributed by atoms with Crippen molar-refractivity contribution in [2.24, 2.45) is 0 Å². The molecule has 0 fully saturated rings. The Labute approximate surface area is 96.0 Å². The maximum atomic E-state index is 10.2. The van der Waals surface area contributed by atoms with Crippen molar-refractivity contribution < 1.29 is 14.6 Å². The molecule has 3 nitrogen and oxygen atoms in total. The van der Waals surface area contributed by atoms with Crippen molar-refractivity contribution in [2.75, 3.05) is 6.61 Å². The summed E-state index contributed by atoms with van der Waals surface area (Å²) in [6, 6.07) is 7.53. The average molecular weight is 222 g/mol. The molecule has 0 saturated heterocycles. The molecule has 16 heavy (non-hydrogen) atoms. The van der Waals surface area contributed by atoms with E-state index in [1.54, 1.807) is 0 Å². The largest absolute Gasteiger partial charge is 0.490 e. The summed E-state index contributed by atoms with van der Waals surface area (Å²) in [6.07, 6.45) is -0.904. The zero-order chi connectivity index (χ0) is 11.8. The summed E-state index contributed by atoms with van der Waals surface area (Å²) in [5.41, 5.74) is 0.532. The number of hydrogen-bond donors (Lipinski definition) is 1. The maximum absolute atomic E-state index is 10.2. The number of aliphatic hydroxyl groups excluding tert-OH is 1. The third-order valence-electron chi connectivity index (χ3n) is 2.50. The molecule has 0 radical (unpaired) electrons. The second-order valence-corrected chi connectivity index (χ2v) is 5.06. The molecule has 2 atom stereocenters. The molecule has 1 aliphatic rings. The van der Waals surface area contributed by atoms with Gasteiger partial charge in [0.05, 0.1) is 5.60 Å².